The van der Waals surface area contributed by atoms with Crippen molar-refractivity contribution in [1.82, 2.24) is 5.32 Å². The van der Waals surface area contributed by atoms with Crippen LogP contribution in [0.1, 0.15) is 38.5 Å². The van der Waals surface area contributed by atoms with E-state index in [0.717, 1.165) is 25.4 Å². The van der Waals surface area contributed by atoms with Crippen LogP contribution in [0.15, 0.2) is 0 Å². The molecule has 1 rings (SSSR count). The number of nitrogens with one attached hydrogen (secondary N) is 1. The minimum Gasteiger partial charge on any atom is -0.330 e. The van der Waals surface area contributed by atoms with E-state index in [-0.39, 0.29) is 0 Å². The second-order valence-electron chi connectivity index (χ2n) is 3.85. The summed E-state index contributed by atoms with van der Waals surface area (Å²) in [6.45, 7) is 3.24. The molecule has 0 aromatic heterocycles. The number of hydrogen-bond donors (Lipinski definition) is 2. The fraction of sp³-hybridized carbons (Fsp3) is 1.00. The van der Waals surface area contributed by atoms with Crippen LogP contribution in [0.5, 0.6) is 0 Å². The average Bonchev–Trinajstić information content (AvgIpc) is 2.57. The molecule has 0 saturated heterocycles. The smallest absolute Gasteiger partial charge is 0.00205 e. The lowest BCUT2D eigenvalue weighted by molar-refractivity contribution is 0.483. The van der Waals surface area contributed by atoms with Crippen molar-refractivity contribution in [2.24, 2.45) is 11.7 Å². The van der Waals surface area contributed by atoms with Gasteiger partial charge in [-0.05, 0) is 51.2 Å². The predicted octanol–water partition coefficient (Wildman–Crippen LogP) is 1.51. The van der Waals surface area contributed by atoms with Crippen molar-refractivity contribution in [3.63, 3.8) is 0 Å². The van der Waals surface area contributed by atoms with Crippen LogP contribution in [0.25, 0.3) is 0 Å². The molecule has 2 nitrogen and oxygen atoms in total. The first-order valence-corrected chi connectivity index (χ1v) is 5.34. The third kappa shape index (κ3) is 4.07. The van der Waals surface area contributed by atoms with Crippen molar-refractivity contribution in [3.8, 4) is 0 Å². The molecule has 12 heavy (non-hydrogen) atoms. The highest BCUT2D eigenvalue weighted by Crippen LogP contribution is 2.23. The van der Waals surface area contributed by atoms with Crippen molar-refractivity contribution >= 4 is 0 Å². The molecule has 0 spiro atoms. The molecule has 1 fully saturated rings. The molecule has 0 amide bonds. The van der Waals surface area contributed by atoms with Crippen LogP contribution in [0.2, 0.25) is 0 Å². The van der Waals surface area contributed by atoms with E-state index in [9.17, 15) is 0 Å². The number of rotatable bonds is 6. The summed E-state index contributed by atoms with van der Waals surface area (Å²) in [5.41, 5.74) is 5.41. The quantitative estimate of drug-likeness (QED) is 0.593. The Morgan fingerprint density at radius 3 is 2.58 bits per heavy atom. The van der Waals surface area contributed by atoms with Gasteiger partial charge in [0.2, 0.25) is 0 Å². The molecule has 0 radical (unpaired) electrons. The second-order valence-corrected chi connectivity index (χ2v) is 3.85. The van der Waals surface area contributed by atoms with Gasteiger partial charge in [0.05, 0.1) is 0 Å². The highest BCUT2D eigenvalue weighted by molar-refractivity contribution is 4.69. The van der Waals surface area contributed by atoms with Gasteiger partial charge >= 0.3 is 0 Å². The van der Waals surface area contributed by atoms with E-state index in [0.29, 0.717) is 0 Å². The van der Waals surface area contributed by atoms with E-state index in [1.165, 1.54) is 38.6 Å². The Morgan fingerprint density at radius 2 is 1.92 bits per heavy atom. The monoisotopic (exact) mass is 170 g/mol. The Kier molecular flexibility index (Phi) is 5.37. The van der Waals surface area contributed by atoms with Crippen LogP contribution in [0, 0.1) is 5.92 Å². The topological polar surface area (TPSA) is 38.0 Å². The first kappa shape index (κ1) is 10.0. The van der Waals surface area contributed by atoms with Crippen molar-refractivity contribution < 1.29 is 0 Å². The molecule has 0 aliphatic heterocycles. The molecule has 2 heteroatoms. The Balaban J connectivity index is 1.81. The molecule has 0 aromatic rings. The van der Waals surface area contributed by atoms with Crippen molar-refractivity contribution in [2.45, 2.75) is 38.5 Å². The third-order valence-corrected chi connectivity index (χ3v) is 2.72. The van der Waals surface area contributed by atoms with E-state index in [1.54, 1.807) is 0 Å². The Bertz CT molecular complexity index is 98.0. The maximum Gasteiger partial charge on any atom is -0.00205 e. The molecular weight excluding hydrogens is 148 g/mol. The summed E-state index contributed by atoms with van der Waals surface area (Å²) in [7, 11) is 0. The molecule has 1 aliphatic rings. The molecule has 0 unspecified atom stereocenters. The minimum absolute atomic E-state index is 0.838. The van der Waals surface area contributed by atoms with Crippen molar-refractivity contribution in [3.05, 3.63) is 0 Å². The lowest BCUT2D eigenvalue weighted by atomic mass is 10.1. The summed E-state index contributed by atoms with van der Waals surface area (Å²) in [4.78, 5) is 0. The van der Waals surface area contributed by atoms with Gasteiger partial charge in [-0.2, -0.15) is 0 Å². The normalized spacial score (nSPS) is 18.8. The molecule has 0 aromatic carbocycles. The maximum atomic E-state index is 5.41. The summed E-state index contributed by atoms with van der Waals surface area (Å²) < 4.78 is 0. The van der Waals surface area contributed by atoms with Crippen LogP contribution in [0.4, 0.5) is 0 Å². The molecule has 0 bridgehead atoms. The lowest BCUT2D eigenvalue weighted by Gasteiger charge is -2.09. The van der Waals surface area contributed by atoms with E-state index >= 15 is 0 Å². The van der Waals surface area contributed by atoms with Gasteiger partial charge in [0, 0.05) is 0 Å². The van der Waals surface area contributed by atoms with Crippen LogP contribution < -0.4 is 11.1 Å². The van der Waals surface area contributed by atoms with Gasteiger partial charge in [-0.25, -0.2) is 0 Å². The largest absolute Gasteiger partial charge is 0.330 e. The van der Waals surface area contributed by atoms with Crippen LogP contribution >= 0.6 is 0 Å². The van der Waals surface area contributed by atoms with Crippen LogP contribution in [-0.4, -0.2) is 19.6 Å². The zero-order valence-corrected chi connectivity index (χ0v) is 8.02. The van der Waals surface area contributed by atoms with Gasteiger partial charge in [0.15, 0.2) is 0 Å². The average molecular weight is 170 g/mol. The van der Waals surface area contributed by atoms with Crippen molar-refractivity contribution in [1.29, 1.82) is 0 Å². The first-order chi connectivity index (χ1) is 5.93. The molecule has 72 valence electrons. The molecule has 1 aliphatic carbocycles. The summed E-state index contributed by atoms with van der Waals surface area (Å²) >= 11 is 0. The van der Waals surface area contributed by atoms with Gasteiger partial charge in [-0.15, -0.1) is 0 Å². The zero-order valence-electron chi connectivity index (χ0n) is 8.02. The Hall–Kier alpha value is -0.0800. The summed E-state index contributed by atoms with van der Waals surface area (Å²) in [6, 6.07) is 0. The molecule has 1 saturated carbocycles. The van der Waals surface area contributed by atoms with E-state index < -0.39 is 0 Å². The van der Waals surface area contributed by atoms with Gasteiger partial charge < -0.3 is 11.1 Å². The summed E-state index contributed by atoms with van der Waals surface area (Å²) in [5, 5.41) is 3.51. The number of unbranched alkanes of at least 4 members (excludes halogenated alkanes) is 1. The lowest BCUT2D eigenvalue weighted by Crippen LogP contribution is -2.22. The maximum absolute atomic E-state index is 5.41. The SMILES string of the molecule is NCCCCNCC1CCCC1. The Morgan fingerprint density at radius 1 is 1.17 bits per heavy atom. The van der Waals surface area contributed by atoms with Crippen LogP contribution in [-0.2, 0) is 0 Å². The van der Waals surface area contributed by atoms with Crippen LogP contribution in [0.3, 0.4) is 0 Å². The number of hydrogen-bond acceptors (Lipinski definition) is 2. The zero-order chi connectivity index (χ0) is 8.65. The molecule has 0 heterocycles. The first-order valence-electron chi connectivity index (χ1n) is 5.34. The van der Waals surface area contributed by atoms with Gasteiger partial charge in [-0.3, -0.25) is 0 Å². The highest BCUT2D eigenvalue weighted by atomic mass is 14.9. The highest BCUT2D eigenvalue weighted by Gasteiger charge is 2.13. The molecule has 0 atom stereocenters. The minimum atomic E-state index is 0.838. The fourth-order valence-corrected chi connectivity index (χ4v) is 1.92. The standard InChI is InChI=1S/C10H22N2/c11-7-3-4-8-12-9-10-5-1-2-6-10/h10,12H,1-9,11H2. The third-order valence-electron chi connectivity index (χ3n) is 2.72. The predicted molar refractivity (Wildman–Crippen MR) is 53.1 cm³/mol. The van der Waals surface area contributed by atoms with E-state index in [1.807, 2.05) is 0 Å². The molecule has 3 N–H and O–H groups in total. The number of nitrogens with two attached hydrogens (primary N) is 1. The summed E-state index contributed by atoms with van der Waals surface area (Å²) in [5.74, 6) is 0.975. The van der Waals surface area contributed by atoms with E-state index in [4.69, 9.17) is 5.73 Å². The van der Waals surface area contributed by atoms with Crippen molar-refractivity contribution in [2.75, 3.05) is 19.6 Å². The van der Waals surface area contributed by atoms with Gasteiger partial charge in [0.1, 0.15) is 0 Å². The second kappa shape index (κ2) is 6.44. The Labute approximate surface area is 75.9 Å². The van der Waals surface area contributed by atoms with Gasteiger partial charge in [-0.1, -0.05) is 12.8 Å². The molecular formula is C10H22N2. The fourth-order valence-electron chi connectivity index (χ4n) is 1.92. The summed E-state index contributed by atoms with van der Waals surface area (Å²) in [6.07, 6.45) is 8.21. The van der Waals surface area contributed by atoms with Gasteiger partial charge in [0.25, 0.3) is 0 Å². The van der Waals surface area contributed by atoms with E-state index in [2.05, 4.69) is 5.32 Å².